The molecule has 2 fully saturated rings. The zero-order valence-corrected chi connectivity index (χ0v) is 14.5. The molecule has 4 nitrogen and oxygen atoms in total. The van der Waals surface area contributed by atoms with Gasteiger partial charge in [-0.1, -0.05) is 33.1 Å². The van der Waals surface area contributed by atoms with Gasteiger partial charge < -0.3 is 5.73 Å². The van der Waals surface area contributed by atoms with E-state index in [1.165, 1.54) is 6.42 Å². The Kier molecular flexibility index (Phi) is 5.71. The summed E-state index contributed by atoms with van der Waals surface area (Å²) in [7, 11) is -3.21. The minimum absolute atomic E-state index is 0.172. The molecule has 0 radical (unpaired) electrons. The van der Waals surface area contributed by atoms with Crippen LogP contribution in [-0.2, 0) is 10.0 Å². The maximum atomic E-state index is 13.1. The van der Waals surface area contributed by atoms with Gasteiger partial charge in [0.25, 0.3) is 0 Å². The lowest BCUT2D eigenvalue weighted by Gasteiger charge is -2.47. The third-order valence-corrected chi connectivity index (χ3v) is 8.26. The first kappa shape index (κ1) is 17.2. The molecule has 0 aromatic heterocycles. The van der Waals surface area contributed by atoms with Gasteiger partial charge in [0.1, 0.15) is 0 Å². The topological polar surface area (TPSA) is 63.4 Å². The highest BCUT2D eigenvalue weighted by molar-refractivity contribution is 7.89. The number of nitrogens with zero attached hydrogens (tertiary/aromatic N) is 1. The van der Waals surface area contributed by atoms with Gasteiger partial charge in [-0.2, -0.15) is 4.31 Å². The monoisotopic (exact) mass is 316 g/mol. The second-order valence-electron chi connectivity index (χ2n) is 7.08. The molecule has 2 N–H and O–H groups in total. The fraction of sp³-hybridized carbons (Fsp3) is 1.00. The van der Waals surface area contributed by atoms with E-state index in [9.17, 15) is 8.42 Å². The van der Waals surface area contributed by atoms with E-state index in [1.807, 2.05) is 6.92 Å². The van der Waals surface area contributed by atoms with Gasteiger partial charge in [-0.25, -0.2) is 8.42 Å². The first-order valence-corrected chi connectivity index (χ1v) is 10.2. The SMILES string of the molecule is CCN(C1(CN)CCC(C)CC1)S(=O)(=O)C1CCCCC1. The molecule has 0 saturated heterocycles. The Labute approximate surface area is 130 Å². The molecule has 2 rings (SSSR count). The minimum Gasteiger partial charge on any atom is -0.329 e. The highest BCUT2D eigenvalue weighted by Gasteiger charge is 2.46. The smallest absolute Gasteiger partial charge is 0.217 e. The Balaban J connectivity index is 2.23. The van der Waals surface area contributed by atoms with Crippen molar-refractivity contribution in [2.75, 3.05) is 13.1 Å². The second kappa shape index (κ2) is 6.97. The number of nitrogens with two attached hydrogens (primary N) is 1. The van der Waals surface area contributed by atoms with Crippen molar-refractivity contribution in [3.63, 3.8) is 0 Å². The Morgan fingerprint density at radius 1 is 1.10 bits per heavy atom. The van der Waals surface area contributed by atoms with E-state index < -0.39 is 10.0 Å². The fourth-order valence-electron chi connectivity index (χ4n) is 4.18. The van der Waals surface area contributed by atoms with Crippen LogP contribution in [0.2, 0.25) is 0 Å². The van der Waals surface area contributed by atoms with Crippen molar-refractivity contribution in [1.29, 1.82) is 0 Å². The molecular formula is C16H32N2O2S. The van der Waals surface area contributed by atoms with E-state index in [0.717, 1.165) is 51.4 Å². The van der Waals surface area contributed by atoms with Crippen molar-refractivity contribution in [2.45, 2.75) is 82.4 Å². The van der Waals surface area contributed by atoms with Crippen molar-refractivity contribution in [2.24, 2.45) is 11.7 Å². The fourth-order valence-corrected chi connectivity index (χ4v) is 6.63. The van der Waals surface area contributed by atoms with Gasteiger partial charge in [0.2, 0.25) is 10.0 Å². The van der Waals surface area contributed by atoms with Crippen LogP contribution in [0.5, 0.6) is 0 Å². The van der Waals surface area contributed by atoms with E-state index in [2.05, 4.69) is 6.92 Å². The number of hydrogen-bond acceptors (Lipinski definition) is 3. The van der Waals surface area contributed by atoms with Crippen LogP contribution in [-0.4, -0.2) is 36.6 Å². The van der Waals surface area contributed by atoms with Crippen molar-refractivity contribution in [1.82, 2.24) is 4.31 Å². The third kappa shape index (κ3) is 3.45. The van der Waals surface area contributed by atoms with Gasteiger partial charge >= 0.3 is 0 Å². The highest BCUT2D eigenvalue weighted by Crippen LogP contribution is 2.39. The molecule has 0 aromatic rings. The Morgan fingerprint density at radius 2 is 1.67 bits per heavy atom. The maximum Gasteiger partial charge on any atom is 0.217 e. The molecule has 2 aliphatic rings. The largest absolute Gasteiger partial charge is 0.329 e. The predicted octanol–water partition coefficient (Wildman–Crippen LogP) is 2.88. The molecule has 0 aliphatic heterocycles. The predicted molar refractivity (Wildman–Crippen MR) is 87.6 cm³/mol. The molecule has 0 bridgehead atoms. The van der Waals surface area contributed by atoms with E-state index >= 15 is 0 Å². The Morgan fingerprint density at radius 3 is 2.14 bits per heavy atom. The Hall–Kier alpha value is -0.130. The van der Waals surface area contributed by atoms with Gasteiger partial charge in [-0.05, 0) is 44.4 Å². The highest BCUT2D eigenvalue weighted by atomic mass is 32.2. The zero-order valence-electron chi connectivity index (χ0n) is 13.7. The summed E-state index contributed by atoms with van der Waals surface area (Å²) in [4.78, 5) is 0. The van der Waals surface area contributed by atoms with Crippen LogP contribution < -0.4 is 5.73 Å². The molecule has 2 saturated carbocycles. The average molecular weight is 317 g/mol. The third-order valence-electron chi connectivity index (χ3n) is 5.68. The van der Waals surface area contributed by atoms with Crippen molar-refractivity contribution in [3.05, 3.63) is 0 Å². The van der Waals surface area contributed by atoms with E-state index in [4.69, 9.17) is 5.73 Å². The van der Waals surface area contributed by atoms with Crippen molar-refractivity contribution in [3.8, 4) is 0 Å². The summed E-state index contributed by atoms with van der Waals surface area (Å²) in [5, 5.41) is -0.172. The number of likely N-dealkylation sites (N-methyl/N-ethyl adjacent to an activating group) is 1. The molecule has 21 heavy (non-hydrogen) atoms. The van der Waals surface area contributed by atoms with Crippen molar-refractivity contribution < 1.29 is 8.42 Å². The lowest BCUT2D eigenvalue weighted by molar-refractivity contribution is 0.118. The van der Waals surface area contributed by atoms with Crippen LogP contribution in [0, 0.1) is 5.92 Å². The summed E-state index contributed by atoms with van der Waals surface area (Å²) in [5.41, 5.74) is 5.76. The van der Waals surface area contributed by atoms with Gasteiger partial charge in [-0.15, -0.1) is 0 Å². The van der Waals surface area contributed by atoms with Gasteiger partial charge in [0, 0.05) is 18.6 Å². The molecule has 124 valence electrons. The summed E-state index contributed by atoms with van der Waals surface area (Å²) < 4.78 is 28.1. The molecule has 0 aromatic carbocycles. The van der Waals surface area contributed by atoms with Crippen LogP contribution in [0.4, 0.5) is 0 Å². The second-order valence-corrected chi connectivity index (χ2v) is 9.22. The molecule has 2 aliphatic carbocycles. The van der Waals surface area contributed by atoms with Crippen LogP contribution in [0.3, 0.4) is 0 Å². The molecule has 0 unspecified atom stereocenters. The van der Waals surface area contributed by atoms with Crippen LogP contribution in [0.1, 0.15) is 71.6 Å². The summed E-state index contributed by atoms with van der Waals surface area (Å²) in [6, 6.07) is 0. The summed E-state index contributed by atoms with van der Waals surface area (Å²) >= 11 is 0. The van der Waals surface area contributed by atoms with E-state index in [0.29, 0.717) is 19.0 Å². The number of hydrogen-bond donors (Lipinski definition) is 1. The zero-order chi connectivity index (χ0) is 15.5. The lowest BCUT2D eigenvalue weighted by atomic mass is 9.77. The number of sulfonamides is 1. The normalized spacial score (nSPS) is 32.5. The standard InChI is InChI=1S/C16H32N2O2S/c1-3-18(16(13-17)11-9-14(2)10-12-16)21(19,20)15-7-5-4-6-8-15/h14-15H,3-13,17H2,1-2H3. The summed E-state index contributed by atoms with van der Waals surface area (Å²) in [5.74, 6) is 0.695. The quantitative estimate of drug-likeness (QED) is 0.848. The minimum atomic E-state index is -3.21. The van der Waals surface area contributed by atoms with Gasteiger partial charge in [0.05, 0.1) is 5.25 Å². The van der Waals surface area contributed by atoms with E-state index in [-0.39, 0.29) is 10.8 Å². The molecule has 0 heterocycles. The molecule has 0 atom stereocenters. The Bertz CT molecular complexity index is 422. The lowest BCUT2D eigenvalue weighted by Crippen LogP contribution is -2.59. The average Bonchev–Trinajstić information content (AvgIpc) is 2.51. The first-order chi connectivity index (χ1) is 9.96. The molecule has 0 spiro atoms. The summed E-state index contributed by atoms with van der Waals surface area (Å²) in [6.45, 7) is 5.24. The van der Waals surface area contributed by atoms with Crippen molar-refractivity contribution >= 4 is 10.0 Å². The molecule has 5 heteroatoms. The maximum absolute atomic E-state index is 13.1. The van der Waals surface area contributed by atoms with Crippen LogP contribution in [0.25, 0.3) is 0 Å². The van der Waals surface area contributed by atoms with Gasteiger partial charge in [0.15, 0.2) is 0 Å². The molecular weight excluding hydrogens is 284 g/mol. The molecule has 0 amide bonds. The van der Waals surface area contributed by atoms with Crippen LogP contribution >= 0.6 is 0 Å². The number of rotatable bonds is 5. The van der Waals surface area contributed by atoms with Crippen LogP contribution in [0.15, 0.2) is 0 Å². The van der Waals surface area contributed by atoms with Gasteiger partial charge in [-0.3, -0.25) is 0 Å². The summed E-state index contributed by atoms with van der Waals surface area (Å²) in [6.07, 6.45) is 8.96. The first-order valence-electron chi connectivity index (χ1n) is 8.68. The van der Waals surface area contributed by atoms with E-state index in [1.54, 1.807) is 4.31 Å².